The number of ether oxygens (including phenoxy) is 1. The van der Waals surface area contributed by atoms with Gasteiger partial charge in [-0.2, -0.15) is 0 Å². The summed E-state index contributed by atoms with van der Waals surface area (Å²) in [5.74, 6) is 0. The molecule has 12 heteroatoms. The summed E-state index contributed by atoms with van der Waals surface area (Å²) in [6.07, 6.45) is -1.19. The zero-order valence-corrected chi connectivity index (χ0v) is 30.4. The molecule has 2 rings (SSSR count). The monoisotopic (exact) mass is 611 g/mol. The SMILES string of the molecule is [C-]#[N+][C@]1(CO[Si](C)(C)C(C)(C)C)O[C@@H](n2ccc(=O)[nH]c2=O)C(O[Si](C)(C)C(C)(C)C)[C@@H]1O[Si](C)(C)C(C)(C)C. The van der Waals surface area contributed by atoms with Crippen LogP contribution in [0, 0.1) is 6.57 Å². The summed E-state index contributed by atoms with van der Waals surface area (Å²) >= 11 is 0. The van der Waals surface area contributed by atoms with E-state index in [9.17, 15) is 9.59 Å². The van der Waals surface area contributed by atoms with E-state index >= 15 is 0 Å². The summed E-state index contributed by atoms with van der Waals surface area (Å²) < 4.78 is 28.6. The van der Waals surface area contributed by atoms with Crippen LogP contribution in [0.4, 0.5) is 0 Å². The van der Waals surface area contributed by atoms with Gasteiger partial charge >= 0.3 is 11.4 Å². The number of H-pyrrole nitrogens is 1. The van der Waals surface area contributed by atoms with Gasteiger partial charge < -0.3 is 13.3 Å². The Morgan fingerprint density at radius 2 is 1.38 bits per heavy atom. The number of rotatable bonds is 8. The molecule has 1 aliphatic heterocycles. The van der Waals surface area contributed by atoms with Gasteiger partial charge in [0.25, 0.3) is 5.56 Å². The lowest BCUT2D eigenvalue weighted by atomic mass is 10.1. The van der Waals surface area contributed by atoms with Gasteiger partial charge in [0.05, 0.1) is 0 Å². The van der Waals surface area contributed by atoms with Crippen LogP contribution in [0.25, 0.3) is 4.85 Å². The van der Waals surface area contributed by atoms with Crippen molar-refractivity contribution in [3.05, 3.63) is 44.5 Å². The van der Waals surface area contributed by atoms with Crippen molar-refractivity contribution in [3.8, 4) is 0 Å². The number of aromatic nitrogens is 2. The second-order valence-corrected chi connectivity index (χ2v) is 30.0. The summed E-state index contributed by atoms with van der Waals surface area (Å²) in [6.45, 7) is 40.6. The van der Waals surface area contributed by atoms with E-state index in [-0.39, 0.29) is 21.7 Å². The van der Waals surface area contributed by atoms with Crippen molar-refractivity contribution < 1.29 is 18.0 Å². The highest BCUT2D eigenvalue weighted by Crippen LogP contribution is 2.50. The van der Waals surface area contributed by atoms with Crippen molar-refractivity contribution in [1.82, 2.24) is 9.55 Å². The molecule has 0 aromatic carbocycles. The van der Waals surface area contributed by atoms with Gasteiger partial charge in [-0.25, -0.2) is 11.4 Å². The standard InChI is InChI=1S/C28H53N3O6Si3/c1-25(2,3)38(11,12)34-19-28(29-10)22(37-40(15,16)27(7,8)9)21(36-39(13,14)26(4,5)6)23(35-28)31-18-17-20(32)30-24(31)33/h17-18,21-23H,19H2,1-9,11-16H3,(H,30,32,33)/t21?,22-,23+,28+/m0/s1. The minimum atomic E-state index is -2.48. The first-order valence-corrected chi connectivity index (χ1v) is 22.8. The molecular weight excluding hydrogens is 559 g/mol. The molecular formula is C28H53N3O6Si3. The number of hydrogen-bond donors (Lipinski definition) is 1. The quantitative estimate of drug-likeness (QED) is 0.267. The zero-order valence-electron chi connectivity index (χ0n) is 27.4. The maximum Gasteiger partial charge on any atom is 0.388 e. The molecule has 1 saturated heterocycles. The van der Waals surface area contributed by atoms with E-state index in [2.05, 4.69) is 111 Å². The normalized spacial score (nSPS) is 25.2. The van der Waals surface area contributed by atoms with Gasteiger partial charge in [0.2, 0.25) is 0 Å². The van der Waals surface area contributed by atoms with Crippen molar-refractivity contribution in [2.24, 2.45) is 0 Å². The molecule has 1 fully saturated rings. The third-order valence-corrected chi connectivity index (χ3v) is 23.0. The lowest BCUT2D eigenvalue weighted by molar-refractivity contribution is -0.0964. The van der Waals surface area contributed by atoms with Gasteiger partial charge in [-0.15, -0.1) is 0 Å². The van der Waals surface area contributed by atoms with E-state index in [0.717, 1.165) is 0 Å². The van der Waals surface area contributed by atoms with Gasteiger partial charge in [-0.1, -0.05) is 62.3 Å². The number of hydrogen-bond acceptors (Lipinski definition) is 6. The summed E-state index contributed by atoms with van der Waals surface area (Å²) in [5, 5.41) is -0.400. The van der Waals surface area contributed by atoms with Crippen LogP contribution in [0.1, 0.15) is 68.5 Å². The van der Waals surface area contributed by atoms with Crippen LogP contribution in [0.15, 0.2) is 21.9 Å². The van der Waals surface area contributed by atoms with Gasteiger partial charge in [-0.05, 0) is 54.4 Å². The minimum absolute atomic E-state index is 0.0156. The zero-order chi connectivity index (χ0) is 31.3. The van der Waals surface area contributed by atoms with Crippen LogP contribution < -0.4 is 11.2 Å². The first-order chi connectivity index (χ1) is 17.7. The molecule has 0 spiro atoms. The molecule has 9 nitrogen and oxygen atoms in total. The Morgan fingerprint density at radius 1 is 0.900 bits per heavy atom. The molecule has 1 aliphatic rings. The molecule has 0 amide bonds. The van der Waals surface area contributed by atoms with Crippen LogP contribution in [0.2, 0.25) is 54.4 Å². The van der Waals surface area contributed by atoms with Gasteiger partial charge in [0.1, 0.15) is 12.7 Å². The van der Waals surface area contributed by atoms with Crippen LogP contribution >= 0.6 is 0 Å². The molecule has 228 valence electrons. The van der Waals surface area contributed by atoms with Crippen LogP contribution in [-0.4, -0.2) is 59.0 Å². The fraction of sp³-hybridized carbons (Fsp3) is 0.821. The van der Waals surface area contributed by atoms with Crippen LogP contribution in [-0.2, 0) is 18.0 Å². The molecule has 4 atom stereocenters. The summed E-state index contributed by atoms with van der Waals surface area (Å²) in [6, 6.07) is 1.28. The highest BCUT2D eigenvalue weighted by atomic mass is 28.4. The fourth-order valence-electron chi connectivity index (χ4n) is 3.62. The summed E-state index contributed by atoms with van der Waals surface area (Å²) in [5.41, 5.74) is -2.69. The molecule has 2 heterocycles. The molecule has 1 N–H and O–H groups in total. The van der Waals surface area contributed by atoms with Gasteiger partial charge in [0, 0.05) is 12.3 Å². The number of nitrogens with zero attached hydrogens (tertiary/aromatic N) is 2. The molecule has 1 unspecified atom stereocenters. The first-order valence-electron chi connectivity index (χ1n) is 14.1. The minimum Gasteiger partial charge on any atom is -0.406 e. The van der Waals surface area contributed by atoms with Crippen molar-refractivity contribution in [2.75, 3.05) is 6.61 Å². The summed E-state index contributed by atoms with van der Waals surface area (Å²) in [7, 11) is -7.24. The molecule has 0 aliphatic carbocycles. The molecule has 1 aromatic rings. The Kier molecular flexibility index (Phi) is 9.64. The highest BCUT2D eigenvalue weighted by molar-refractivity contribution is 6.75. The van der Waals surface area contributed by atoms with Crippen LogP contribution in [0.5, 0.6) is 0 Å². The van der Waals surface area contributed by atoms with E-state index in [1.807, 2.05) is 0 Å². The largest absolute Gasteiger partial charge is 0.406 e. The highest BCUT2D eigenvalue weighted by Gasteiger charge is 2.67. The number of aromatic amines is 1. The fourth-order valence-corrected chi connectivity index (χ4v) is 7.20. The van der Waals surface area contributed by atoms with E-state index < -0.39 is 60.4 Å². The lowest BCUT2D eigenvalue weighted by Gasteiger charge is -2.44. The Labute approximate surface area is 244 Å². The molecule has 1 aromatic heterocycles. The topological polar surface area (TPSA) is 96.1 Å². The lowest BCUT2D eigenvalue weighted by Crippen LogP contribution is -2.58. The van der Waals surface area contributed by atoms with Crippen molar-refractivity contribution >= 4 is 25.0 Å². The Morgan fingerprint density at radius 3 is 1.80 bits per heavy atom. The van der Waals surface area contributed by atoms with E-state index in [0.29, 0.717) is 0 Å². The van der Waals surface area contributed by atoms with E-state index in [4.69, 9.17) is 24.6 Å². The average Bonchev–Trinajstić information content (AvgIpc) is 3.02. The van der Waals surface area contributed by atoms with Crippen molar-refractivity contribution in [2.45, 2.75) is 141 Å². The predicted octanol–water partition coefficient (Wildman–Crippen LogP) is 6.48. The third-order valence-electron chi connectivity index (χ3n) is 9.57. The van der Waals surface area contributed by atoms with Crippen molar-refractivity contribution in [3.63, 3.8) is 0 Å². The number of nitrogens with one attached hydrogen (secondary N) is 1. The average molecular weight is 612 g/mol. The Bertz CT molecular complexity index is 1210. The molecule has 40 heavy (non-hydrogen) atoms. The Hall–Kier alpha value is -1.34. The van der Waals surface area contributed by atoms with E-state index in [1.165, 1.54) is 16.8 Å². The second kappa shape index (κ2) is 11.1. The second-order valence-electron chi connectivity index (χ2n) is 15.7. The van der Waals surface area contributed by atoms with Gasteiger partial charge in [0.15, 0.2) is 37.3 Å². The van der Waals surface area contributed by atoms with E-state index in [1.54, 1.807) is 0 Å². The Balaban J connectivity index is 2.82. The van der Waals surface area contributed by atoms with Gasteiger partial charge in [-0.3, -0.25) is 23.9 Å². The molecule has 0 radical (unpaired) electrons. The predicted molar refractivity (Wildman–Crippen MR) is 168 cm³/mol. The third kappa shape index (κ3) is 6.99. The van der Waals surface area contributed by atoms with Crippen molar-refractivity contribution in [1.29, 1.82) is 0 Å². The molecule has 0 bridgehead atoms. The first kappa shape index (κ1) is 34.9. The molecule has 0 saturated carbocycles. The summed E-state index contributed by atoms with van der Waals surface area (Å²) in [4.78, 5) is 31.4. The maximum absolute atomic E-state index is 13.1. The smallest absolute Gasteiger partial charge is 0.388 e. The maximum atomic E-state index is 13.1. The van der Waals surface area contributed by atoms with Crippen LogP contribution in [0.3, 0.4) is 0 Å².